The Balaban J connectivity index is 3.27. The zero-order valence-electron chi connectivity index (χ0n) is 6.03. The molecule has 4 nitrogen and oxygen atoms in total. The van der Waals surface area contributed by atoms with E-state index in [0.717, 1.165) is 0 Å². The molecule has 0 saturated carbocycles. The molecule has 0 aliphatic rings. The number of amides is 1. The number of hydrogen-bond donors (Lipinski definition) is 2. The molecule has 58 valence electrons. The second-order valence-electron chi connectivity index (χ2n) is 2.19. The minimum absolute atomic E-state index is 0.0787. The van der Waals surface area contributed by atoms with Crippen LogP contribution in [0.25, 0.3) is 0 Å². The van der Waals surface area contributed by atoms with Crippen molar-refractivity contribution in [1.29, 1.82) is 0 Å². The van der Waals surface area contributed by atoms with Crippen molar-refractivity contribution >= 4 is 5.91 Å². The Morgan fingerprint density at radius 2 is 2.36 bits per heavy atom. The van der Waals surface area contributed by atoms with Crippen molar-refractivity contribution in [3.8, 4) is 5.75 Å². The lowest BCUT2D eigenvalue weighted by Crippen LogP contribution is -2.13. The van der Waals surface area contributed by atoms with Gasteiger partial charge in [-0.1, -0.05) is 0 Å². The molecule has 11 heavy (non-hydrogen) atoms. The summed E-state index contributed by atoms with van der Waals surface area (Å²) in [6.07, 6.45) is 1.43. The lowest BCUT2D eigenvalue weighted by molar-refractivity contribution is 0.0992. The average Bonchev–Trinajstić information content (AvgIpc) is 1.94. The highest BCUT2D eigenvalue weighted by atomic mass is 16.3. The van der Waals surface area contributed by atoms with E-state index >= 15 is 0 Å². The van der Waals surface area contributed by atoms with Gasteiger partial charge in [0.2, 0.25) is 0 Å². The average molecular weight is 152 g/mol. The van der Waals surface area contributed by atoms with E-state index in [1.165, 1.54) is 6.20 Å². The van der Waals surface area contributed by atoms with Gasteiger partial charge in [0, 0.05) is 6.20 Å². The Morgan fingerprint density at radius 3 is 2.82 bits per heavy atom. The first-order chi connectivity index (χ1) is 5.13. The molecule has 0 bridgehead atoms. The molecule has 1 aromatic rings. The lowest BCUT2D eigenvalue weighted by Gasteiger charge is -2.00. The highest BCUT2D eigenvalue weighted by Gasteiger charge is 2.09. The summed E-state index contributed by atoms with van der Waals surface area (Å²) in [4.78, 5) is 14.2. The molecule has 0 saturated heterocycles. The molecule has 1 heterocycles. The number of rotatable bonds is 1. The summed E-state index contributed by atoms with van der Waals surface area (Å²) in [6.45, 7) is 1.67. The maximum atomic E-state index is 10.6. The van der Waals surface area contributed by atoms with Crippen LogP contribution in [0.1, 0.15) is 16.1 Å². The topological polar surface area (TPSA) is 76.2 Å². The number of aryl methyl sites for hydroxylation is 1. The van der Waals surface area contributed by atoms with E-state index in [1.807, 2.05) is 0 Å². The second-order valence-corrected chi connectivity index (χ2v) is 2.19. The molecule has 0 unspecified atom stereocenters. The van der Waals surface area contributed by atoms with Gasteiger partial charge in [-0.15, -0.1) is 0 Å². The summed E-state index contributed by atoms with van der Waals surface area (Å²) in [6, 6.07) is 1.60. The molecular formula is C7H8N2O2. The Labute approximate surface area is 63.7 Å². The van der Waals surface area contributed by atoms with Crippen molar-refractivity contribution in [2.24, 2.45) is 5.73 Å². The highest BCUT2D eigenvalue weighted by Crippen LogP contribution is 2.17. The van der Waals surface area contributed by atoms with Gasteiger partial charge < -0.3 is 10.8 Å². The summed E-state index contributed by atoms with van der Waals surface area (Å²) in [5.74, 6) is -0.855. The molecule has 0 fully saturated rings. The SMILES string of the molecule is Cc1ccnc(C(N)=O)c1O. The quantitative estimate of drug-likeness (QED) is 0.603. The number of hydrogen-bond acceptors (Lipinski definition) is 3. The highest BCUT2D eigenvalue weighted by molar-refractivity contribution is 5.93. The van der Waals surface area contributed by atoms with Crippen LogP contribution in [0, 0.1) is 6.92 Å². The molecule has 0 radical (unpaired) electrons. The van der Waals surface area contributed by atoms with Gasteiger partial charge >= 0.3 is 0 Å². The van der Waals surface area contributed by atoms with Gasteiger partial charge in [0.05, 0.1) is 0 Å². The van der Waals surface area contributed by atoms with Gasteiger partial charge in [0.1, 0.15) is 5.75 Å². The van der Waals surface area contributed by atoms with Crippen LogP contribution < -0.4 is 5.73 Å². The van der Waals surface area contributed by atoms with E-state index in [-0.39, 0.29) is 11.4 Å². The van der Waals surface area contributed by atoms with Gasteiger partial charge in [-0.25, -0.2) is 4.98 Å². The number of aromatic nitrogens is 1. The van der Waals surface area contributed by atoms with Crippen LogP contribution in [0.15, 0.2) is 12.3 Å². The fourth-order valence-electron chi connectivity index (χ4n) is 0.731. The number of nitrogens with two attached hydrogens (primary N) is 1. The van der Waals surface area contributed by atoms with Gasteiger partial charge in [-0.2, -0.15) is 0 Å². The first-order valence-corrected chi connectivity index (χ1v) is 3.07. The zero-order valence-corrected chi connectivity index (χ0v) is 6.03. The van der Waals surface area contributed by atoms with Crippen LogP contribution in [0.4, 0.5) is 0 Å². The molecule has 0 atom stereocenters. The van der Waals surface area contributed by atoms with E-state index in [2.05, 4.69) is 4.98 Å². The van der Waals surface area contributed by atoms with Crippen molar-refractivity contribution in [2.45, 2.75) is 6.92 Å². The fourth-order valence-corrected chi connectivity index (χ4v) is 0.731. The molecular weight excluding hydrogens is 144 g/mol. The normalized spacial score (nSPS) is 9.55. The van der Waals surface area contributed by atoms with Crippen molar-refractivity contribution in [3.05, 3.63) is 23.5 Å². The lowest BCUT2D eigenvalue weighted by atomic mass is 10.2. The van der Waals surface area contributed by atoms with Crippen LogP contribution in [-0.2, 0) is 0 Å². The first-order valence-electron chi connectivity index (χ1n) is 3.07. The summed E-state index contributed by atoms with van der Waals surface area (Å²) < 4.78 is 0. The Bertz CT molecular complexity index is 296. The first kappa shape index (κ1) is 7.53. The predicted octanol–water partition coefficient (Wildman–Crippen LogP) is 0.195. The monoisotopic (exact) mass is 152 g/mol. The molecule has 0 spiro atoms. The minimum atomic E-state index is -0.716. The number of primary amides is 1. The third kappa shape index (κ3) is 1.29. The predicted molar refractivity (Wildman–Crippen MR) is 39.2 cm³/mol. The molecule has 1 aromatic heterocycles. The van der Waals surface area contributed by atoms with E-state index in [4.69, 9.17) is 5.73 Å². The molecule has 0 aromatic carbocycles. The molecule has 0 aliphatic heterocycles. The maximum absolute atomic E-state index is 10.6. The van der Waals surface area contributed by atoms with Crippen LogP contribution in [0.2, 0.25) is 0 Å². The van der Waals surface area contributed by atoms with Crippen LogP contribution in [0.5, 0.6) is 5.75 Å². The van der Waals surface area contributed by atoms with Gasteiger partial charge in [-0.3, -0.25) is 4.79 Å². The summed E-state index contributed by atoms with van der Waals surface area (Å²) in [5, 5.41) is 9.20. The number of pyridine rings is 1. The summed E-state index contributed by atoms with van der Waals surface area (Å²) >= 11 is 0. The molecule has 1 rings (SSSR count). The summed E-state index contributed by atoms with van der Waals surface area (Å²) in [5.41, 5.74) is 5.43. The van der Waals surface area contributed by atoms with Crippen molar-refractivity contribution < 1.29 is 9.90 Å². The molecule has 3 N–H and O–H groups in total. The van der Waals surface area contributed by atoms with Crippen molar-refractivity contribution in [2.75, 3.05) is 0 Å². The van der Waals surface area contributed by atoms with Gasteiger partial charge in [0.15, 0.2) is 5.69 Å². The Morgan fingerprint density at radius 1 is 1.73 bits per heavy atom. The standard InChI is InChI=1S/C7H8N2O2/c1-4-2-3-9-5(6(4)10)7(8)11/h2-3,10H,1H3,(H2,8,11). The van der Waals surface area contributed by atoms with Gasteiger partial charge in [0.25, 0.3) is 5.91 Å². The number of carbonyl (C=O) groups is 1. The Kier molecular flexibility index (Phi) is 1.76. The van der Waals surface area contributed by atoms with E-state index in [9.17, 15) is 9.90 Å². The number of carbonyl (C=O) groups excluding carboxylic acids is 1. The molecule has 0 aliphatic carbocycles. The molecule has 4 heteroatoms. The third-order valence-corrected chi connectivity index (χ3v) is 1.36. The van der Waals surface area contributed by atoms with Crippen LogP contribution >= 0.6 is 0 Å². The van der Waals surface area contributed by atoms with E-state index < -0.39 is 5.91 Å². The van der Waals surface area contributed by atoms with Crippen LogP contribution in [0.3, 0.4) is 0 Å². The van der Waals surface area contributed by atoms with Gasteiger partial charge in [-0.05, 0) is 18.6 Å². The maximum Gasteiger partial charge on any atom is 0.271 e. The minimum Gasteiger partial charge on any atom is -0.505 e. The van der Waals surface area contributed by atoms with Crippen LogP contribution in [-0.4, -0.2) is 16.0 Å². The largest absolute Gasteiger partial charge is 0.505 e. The van der Waals surface area contributed by atoms with E-state index in [0.29, 0.717) is 5.56 Å². The smallest absolute Gasteiger partial charge is 0.271 e. The molecule has 1 amide bonds. The van der Waals surface area contributed by atoms with Crippen molar-refractivity contribution in [3.63, 3.8) is 0 Å². The fraction of sp³-hybridized carbons (Fsp3) is 0.143. The van der Waals surface area contributed by atoms with Crippen molar-refractivity contribution in [1.82, 2.24) is 4.98 Å². The Hall–Kier alpha value is -1.58. The number of aromatic hydroxyl groups is 1. The number of nitrogens with zero attached hydrogens (tertiary/aromatic N) is 1. The second kappa shape index (κ2) is 2.57. The third-order valence-electron chi connectivity index (χ3n) is 1.36. The summed E-state index contributed by atoms with van der Waals surface area (Å²) in [7, 11) is 0. The zero-order chi connectivity index (χ0) is 8.43. The van der Waals surface area contributed by atoms with E-state index in [1.54, 1.807) is 13.0 Å².